The third kappa shape index (κ3) is 3.92. The first kappa shape index (κ1) is 17.5. The third-order valence-electron chi connectivity index (χ3n) is 4.19. The molecule has 3 heterocycles. The Kier molecular flexibility index (Phi) is 5.01. The number of rotatable bonds is 7. The number of benzene rings is 1. The maximum atomic E-state index is 11.4. The van der Waals surface area contributed by atoms with E-state index in [2.05, 4.69) is 22.5 Å². The highest BCUT2D eigenvalue weighted by Gasteiger charge is 2.11. The average Bonchev–Trinajstić information content (AvgIpc) is 3.44. The molecule has 8 heteroatoms. The highest BCUT2D eigenvalue weighted by Crippen LogP contribution is 2.26. The number of hydrogen-bond donors (Lipinski definition) is 3. The lowest BCUT2D eigenvalue weighted by Crippen LogP contribution is -2.19. The summed E-state index contributed by atoms with van der Waals surface area (Å²) in [4.78, 5) is 12.7. The van der Waals surface area contributed by atoms with Crippen molar-refractivity contribution in [1.29, 1.82) is 0 Å². The molecule has 4 aromatic rings. The van der Waals surface area contributed by atoms with E-state index in [0.717, 1.165) is 41.2 Å². The summed E-state index contributed by atoms with van der Waals surface area (Å²) in [6.07, 6.45) is 3.62. The first-order chi connectivity index (χ1) is 13.2. The molecule has 1 aromatic carbocycles. The molecule has 0 saturated carbocycles. The van der Waals surface area contributed by atoms with Gasteiger partial charge >= 0.3 is 0 Å². The summed E-state index contributed by atoms with van der Waals surface area (Å²) in [7, 11) is 0. The van der Waals surface area contributed by atoms with Gasteiger partial charge in [0.2, 0.25) is 0 Å². The van der Waals surface area contributed by atoms with Gasteiger partial charge in [0.1, 0.15) is 11.3 Å². The monoisotopic (exact) mass is 382 g/mol. The maximum Gasteiger partial charge on any atom is 0.284 e. The van der Waals surface area contributed by atoms with Crippen molar-refractivity contribution < 1.29 is 14.4 Å². The quantitative estimate of drug-likeness (QED) is 0.259. The molecule has 0 aliphatic heterocycles. The molecule has 1 amide bonds. The summed E-state index contributed by atoms with van der Waals surface area (Å²) in [5.74, 6) is -0.511. The molecule has 0 atom stereocenters. The van der Waals surface area contributed by atoms with Gasteiger partial charge in [-0.25, -0.2) is 5.48 Å². The first-order valence-corrected chi connectivity index (χ1v) is 9.29. The fourth-order valence-corrected chi connectivity index (χ4v) is 3.68. The normalized spacial score (nSPS) is 11.1. The number of hydroxylamine groups is 1. The van der Waals surface area contributed by atoms with Crippen LogP contribution in [0.15, 0.2) is 59.3 Å². The lowest BCUT2D eigenvalue weighted by atomic mass is 10.1. The standard InChI is InChI=1S/C19H18N4O3S/c24-19(22-25)18-4-3-17(27-18)15-5-8-23(21-15)9-7-20-12-13-1-2-16-14(11-13)6-10-26-16/h1-6,8,10-11,20,25H,7,9,12H2,(H,22,24). The van der Waals surface area contributed by atoms with Crippen molar-refractivity contribution in [2.75, 3.05) is 6.54 Å². The lowest BCUT2D eigenvalue weighted by Gasteiger charge is -2.05. The lowest BCUT2D eigenvalue weighted by molar-refractivity contribution is 0.0711. The van der Waals surface area contributed by atoms with E-state index in [4.69, 9.17) is 9.62 Å². The van der Waals surface area contributed by atoms with Crippen LogP contribution in [-0.2, 0) is 13.1 Å². The Labute approximate surface area is 159 Å². The molecule has 7 nitrogen and oxygen atoms in total. The van der Waals surface area contributed by atoms with Gasteiger partial charge in [0.05, 0.1) is 22.6 Å². The molecule has 0 aliphatic rings. The van der Waals surface area contributed by atoms with E-state index in [-0.39, 0.29) is 0 Å². The largest absolute Gasteiger partial charge is 0.464 e. The molecule has 0 fully saturated rings. The molecule has 27 heavy (non-hydrogen) atoms. The van der Waals surface area contributed by atoms with Gasteiger partial charge in [-0.2, -0.15) is 5.10 Å². The predicted molar refractivity (Wildman–Crippen MR) is 103 cm³/mol. The van der Waals surface area contributed by atoms with Gasteiger partial charge in [-0.15, -0.1) is 11.3 Å². The van der Waals surface area contributed by atoms with Gasteiger partial charge in [-0.1, -0.05) is 6.07 Å². The minimum Gasteiger partial charge on any atom is -0.464 e. The number of furan rings is 1. The fraction of sp³-hybridized carbons (Fsp3) is 0.158. The number of nitrogens with zero attached hydrogens (tertiary/aromatic N) is 2. The molecule has 138 valence electrons. The first-order valence-electron chi connectivity index (χ1n) is 8.48. The smallest absolute Gasteiger partial charge is 0.284 e. The van der Waals surface area contributed by atoms with Crippen molar-refractivity contribution >= 4 is 28.2 Å². The number of aromatic nitrogens is 2. The zero-order chi connectivity index (χ0) is 18.6. The Bertz CT molecular complexity index is 1070. The molecular weight excluding hydrogens is 364 g/mol. The van der Waals surface area contributed by atoms with Crippen LogP contribution in [0.4, 0.5) is 0 Å². The molecule has 4 rings (SSSR count). The van der Waals surface area contributed by atoms with Crippen molar-refractivity contribution in [3.05, 3.63) is 65.4 Å². The van der Waals surface area contributed by atoms with Crippen LogP contribution in [-0.4, -0.2) is 27.4 Å². The summed E-state index contributed by atoms with van der Waals surface area (Å²) in [6.45, 7) is 2.30. The number of fused-ring (bicyclic) bond motifs is 1. The van der Waals surface area contributed by atoms with E-state index in [9.17, 15) is 4.79 Å². The Morgan fingerprint density at radius 1 is 1.22 bits per heavy atom. The van der Waals surface area contributed by atoms with Gasteiger partial charge in [0.15, 0.2) is 0 Å². The van der Waals surface area contributed by atoms with Gasteiger partial charge in [-0.05, 0) is 42.0 Å². The molecule has 3 aromatic heterocycles. The number of amides is 1. The third-order valence-corrected chi connectivity index (χ3v) is 5.29. The van der Waals surface area contributed by atoms with E-state index in [0.29, 0.717) is 4.88 Å². The fourth-order valence-electron chi connectivity index (χ4n) is 2.82. The molecule has 0 spiro atoms. The van der Waals surface area contributed by atoms with Crippen LogP contribution in [0.25, 0.3) is 21.5 Å². The van der Waals surface area contributed by atoms with E-state index in [1.54, 1.807) is 17.8 Å². The van der Waals surface area contributed by atoms with E-state index < -0.39 is 5.91 Å². The van der Waals surface area contributed by atoms with E-state index in [1.165, 1.54) is 16.9 Å². The molecule has 0 aliphatic carbocycles. The van der Waals surface area contributed by atoms with Crippen molar-refractivity contribution in [2.24, 2.45) is 0 Å². The van der Waals surface area contributed by atoms with Crippen LogP contribution in [0.3, 0.4) is 0 Å². The van der Waals surface area contributed by atoms with E-state index in [1.807, 2.05) is 35.1 Å². The van der Waals surface area contributed by atoms with Crippen molar-refractivity contribution in [2.45, 2.75) is 13.1 Å². The topological polar surface area (TPSA) is 92.3 Å². The predicted octanol–water partition coefficient (Wildman–Crippen LogP) is 3.27. The second-order valence-electron chi connectivity index (χ2n) is 6.04. The second kappa shape index (κ2) is 7.75. The van der Waals surface area contributed by atoms with Crippen LogP contribution >= 0.6 is 11.3 Å². The molecule has 0 unspecified atom stereocenters. The number of hydrogen-bond acceptors (Lipinski definition) is 6. The SMILES string of the molecule is O=C(NO)c1ccc(-c2ccn(CCNCc3ccc4occc4c3)n2)s1. The summed E-state index contributed by atoms with van der Waals surface area (Å²) in [5, 5.41) is 17.8. The van der Waals surface area contributed by atoms with Crippen LogP contribution in [0, 0.1) is 0 Å². The molecular formula is C19H18N4O3S. The number of thiophene rings is 1. The van der Waals surface area contributed by atoms with Gasteiger partial charge in [0, 0.05) is 24.7 Å². The van der Waals surface area contributed by atoms with Crippen molar-refractivity contribution in [3.8, 4) is 10.6 Å². The van der Waals surface area contributed by atoms with Crippen LogP contribution in [0.5, 0.6) is 0 Å². The van der Waals surface area contributed by atoms with Crippen LogP contribution < -0.4 is 10.8 Å². The zero-order valence-corrected chi connectivity index (χ0v) is 15.2. The summed E-state index contributed by atoms with van der Waals surface area (Å²) >= 11 is 1.29. The minimum absolute atomic E-state index is 0.443. The Morgan fingerprint density at radius 3 is 3.04 bits per heavy atom. The summed E-state index contributed by atoms with van der Waals surface area (Å²) in [6, 6.07) is 13.5. The van der Waals surface area contributed by atoms with Gasteiger partial charge in [-0.3, -0.25) is 14.7 Å². The number of nitrogens with one attached hydrogen (secondary N) is 2. The summed E-state index contributed by atoms with van der Waals surface area (Å²) in [5.41, 5.74) is 4.55. The minimum atomic E-state index is -0.511. The van der Waals surface area contributed by atoms with Crippen LogP contribution in [0.2, 0.25) is 0 Å². The zero-order valence-electron chi connectivity index (χ0n) is 14.4. The Balaban J connectivity index is 1.30. The summed E-state index contributed by atoms with van der Waals surface area (Å²) < 4.78 is 7.22. The molecule has 3 N–H and O–H groups in total. The van der Waals surface area contributed by atoms with Crippen molar-refractivity contribution in [1.82, 2.24) is 20.6 Å². The maximum absolute atomic E-state index is 11.4. The van der Waals surface area contributed by atoms with Gasteiger partial charge < -0.3 is 9.73 Å². The van der Waals surface area contributed by atoms with Crippen LogP contribution in [0.1, 0.15) is 15.2 Å². The van der Waals surface area contributed by atoms with Gasteiger partial charge in [0.25, 0.3) is 5.91 Å². The second-order valence-corrected chi connectivity index (χ2v) is 7.12. The average molecular weight is 382 g/mol. The Morgan fingerprint density at radius 2 is 2.15 bits per heavy atom. The van der Waals surface area contributed by atoms with E-state index >= 15 is 0 Å². The van der Waals surface area contributed by atoms with Crippen molar-refractivity contribution in [3.63, 3.8) is 0 Å². The number of carbonyl (C=O) groups is 1. The highest BCUT2D eigenvalue weighted by atomic mass is 32.1. The molecule has 0 saturated heterocycles. The number of carbonyl (C=O) groups excluding carboxylic acids is 1. The molecule has 0 bridgehead atoms. The Hall–Kier alpha value is -2.94. The molecule has 0 radical (unpaired) electrons. The highest BCUT2D eigenvalue weighted by molar-refractivity contribution is 7.17.